The number of aryl methyl sites for hydroxylation is 1. The zero-order chi connectivity index (χ0) is 18.5. The number of anilines is 1. The van der Waals surface area contributed by atoms with Crippen LogP contribution in [-0.4, -0.2) is 19.0 Å². The third kappa shape index (κ3) is 2.57. The lowest BCUT2D eigenvalue weighted by atomic mass is 10.1. The van der Waals surface area contributed by atoms with E-state index < -0.39 is 10.0 Å². The van der Waals surface area contributed by atoms with Crippen LogP contribution < -0.4 is 9.18 Å². The molecule has 3 aromatic rings. The van der Waals surface area contributed by atoms with Crippen LogP contribution in [-0.2, 0) is 23.0 Å². The van der Waals surface area contributed by atoms with Gasteiger partial charge in [-0.1, -0.05) is 36.5 Å². The molecule has 0 N–H and O–H groups in total. The monoisotopic (exact) mass is 388 g/mol. The molecule has 0 saturated heterocycles. The van der Waals surface area contributed by atoms with E-state index in [0.29, 0.717) is 17.7 Å². The number of rotatable bonds is 4. The summed E-state index contributed by atoms with van der Waals surface area (Å²) in [6, 6.07) is 12.5. The summed E-state index contributed by atoms with van der Waals surface area (Å²) in [5.74, 6) is 0. The number of sulfonamides is 1. The van der Waals surface area contributed by atoms with Gasteiger partial charge in [0.1, 0.15) is 0 Å². The van der Waals surface area contributed by atoms with Gasteiger partial charge in [-0.05, 0) is 49.6 Å². The predicted octanol–water partition coefficient (Wildman–Crippen LogP) is 3.61. The molecule has 0 aliphatic carbocycles. The highest BCUT2D eigenvalue weighted by Gasteiger charge is 2.36. The molecule has 0 fully saturated rings. The summed E-state index contributed by atoms with van der Waals surface area (Å²) in [6.45, 7) is 4.58. The highest BCUT2D eigenvalue weighted by molar-refractivity contribution is 7.93. The summed E-state index contributed by atoms with van der Waals surface area (Å²) in [5, 5.41) is 0. The third-order valence-electron chi connectivity index (χ3n) is 4.79. The lowest BCUT2D eigenvalue weighted by Gasteiger charge is -2.24. The molecule has 0 unspecified atom stereocenters. The number of thiazole rings is 1. The molecule has 0 bridgehead atoms. The molecule has 26 heavy (non-hydrogen) atoms. The SMILES string of the molecule is CCCn1c(=O)sc2cc(S(=O)(=O)N3c4ccccc4C[C@H]3C)ccc21. The van der Waals surface area contributed by atoms with E-state index in [2.05, 4.69) is 0 Å². The molecular formula is C19H20N2O3S2. The summed E-state index contributed by atoms with van der Waals surface area (Å²) >= 11 is 1.10. The van der Waals surface area contributed by atoms with E-state index in [-0.39, 0.29) is 15.8 Å². The lowest BCUT2D eigenvalue weighted by Crippen LogP contribution is -2.35. The quantitative estimate of drug-likeness (QED) is 0.686. The first-order valence-electron chi connectivity index (χ1n) is 8.69. The van der Waals surface area contributed by atoms with E-state index in [0.717, 1.165) is 34.5 Å². The van der Waals surface area contributed by atoms with Crippen LogP contribution >= 0.6 is 11.3 Å². The van der Waals surface area contributed by atoms with Gasteiger partial charge in [-0.15, -0.1) is 0 Å². The van der Waals surface area contributed by atoms with Gasteiger partial charge in [0.15, 0.2) is 0 Å². The van der Waals surface area contributed by atoms with Gasteiger partial charge < -0.3 is 0 Å². The minimum atomic E-state index is -3.68. The fourth-order valence-electron chi connectivity index (χ4n) is 3.66. The van der Waals surface area contributed by atoms with Crippen molar-refractivity contribution in [2.45, 2.75) is 44.2 Å². The van der Waals surface area contributed by atoms with Gasteiger partial charge >= 0.3 is 4.87 Å². The summed E-state index contributed by atoms with van der Waals surface area (Å²) < 4.78 is 30.6. The first kappa shape index (κ1) is 17.3. The van der Waals surface area contributed by atoms with Crippen LogP contribution in [0.3, 0.4) is 0 Å². The Balaban J connectivity index is 1.83. The summed E-state index contributed by atoms with van der Waals surface area (Å²) in [6.07, 6.45) is 1.56. The van der Waals surface area contributed by atoms with Crippen molar-refractivity contribution >= 4 is 37.3 Å². The molecular weight excluding hydrogens is 368 g/mol. The minimum Gasteiger partial charge on any atom is -0.299 e. The van der Waals surface area contributed by atoms with E-state index in [1.165, 1.54) is 4.31 Å². The van der Waals surface area contributed by atoms with Crippen molar-refractivity contribution in [2.24, 2.45) is 0 Å². The Hall–Kier alpha value is -2.12. The van der Waals surface area contributed by atoms with Crippen molar-refractivity contribution in [2.75, 3.05) is 4.31 Å². The maximum absolute atomic E-state index is 13.3. The molecule has 0 saturated carbocycles. The molecule has 1 aromatic heterocycles. The Labute approximate surface area is 156 Å². The Bertz CT molecular complexity index is 1150. The topological polar surface area (TPSA) is 59.4 Å². The van der Waals surface area contributed by atoms with Crippen LogP contribution in [0.4, 0.5) is 5.69 Å². The maximum Gasteiger partial charge on any atom is 0.308 e. The minimum absolute atomic E-state index is 0.0451. The van der Waals surface area contributed by atoms with Gasteiger partial charge in [-0.3, -0.25) is 13.7 Å². The van der Waals surface area contributed by atoms with E-state index >= 15 is 0 Å². The molecule has 0 radical (unpaired) electrons. The first-order valence-corrected chi connectivity index (χ1v) is 10.9. The van der Waals surface area contributed by atoms with Crippen LogP contribution in [0.2, 0.25) is 0 Å². The van der Waals surface area contributed by atoms with Crippen LogP contribution in [0.25, 0.3) is 10.2 Å². The zero-order valence-electron chi connectivity index (χ0n) is 14.7. The number of para-hydroxylation sites is 1. The summed E-state index contributed by atoms with van der Waals surface area (Å²) in [7, 11) is -3.68. The molecule has 2 heterocycles. The number of fused-ring (bicyclic) bond motifs is 2. The van der Waals surface area contributed by atoms with E-state index in [1.54, 1.807) is 22.8 Å². The average Bonchev–Trinajstić information content (AvgIpc) is 3.11. The van der Waals surface area contributed by atoms with E-state index in [9.17, 15) is 13.2 Å². The second kappa shape index (κ2) is 6.25. The Morgan fingerprint density at radius 2 is 1.96 bits per heavy atom. The average molecular weight is 389 g/mol. The fraction of sp³-hybridized carbons (Fsp3) is 0.316. The molecule has 2 aromatic carbocycles. The van der Waals surface area contributed by atoms with Gasteiger partial charge in [0, 0.05) is 12.6 Å². The van der Waals surface area contributed by atoms with Gasteiger partial charge in [0.05, 0.1) is 20.8 Å². The highest BCUT2D eigenvalue weighted by atomic mass is 32.2. The van der Waals surface area contributed by atoms with Gasteiger partial charge in [-0.25, -0.2) is 8.42 Å². The molecule has 0 spiro atoms. The standard InChI is InChI=1S/C19H20N2O3S2/c1-3-10-20-17-9-8-15(12-18(17)25-19(20)22)26(23,24)21-13(2)11-14-6-4-5-7-16(14)21/h4-9,12-13H,3,10-11H2,1-2H3/t13-/m1/s1. The number of benzene rings is 2. The van der Waals surface area contributed by atoms with Gasteiger partial charge in [0.25, 0.3) is 10.0 Å². The van der Waals surface area contributed by atoms with Crippen molar-refractivity contribution in [3.63, 3.8) is 0 Å². The lowest BCUT2D eigenvalue weighted by molar-refractivity contribution is 0.584. The molecule has 4 rings (SSSR count). The summed E-state index contributed by atoms with van der Waals surface area (Å²) in [4.78, 5) is 12.4. The van der Waals surface area contributed by atoms with Crippen LogP contribution in [0.5, 0.6) is 0 Å². The van der Waals surface area contributed by atoms with Crippen LogP contribution in [0.1, 0.15) is 25.8 Å². The number of nitrogens with zero attached hydrogens (tertiary/aromatic N) is 2. The van der Waals surface area contributed by atoms with Crippen molar-refractivity contribution in [1.29, 1.82) is 0 Å². The fourth-order valence-corrected chi connectivity index (χ4v) is 6.41. The Kier molecular flexibility index (Phi) is 4.16. The van der Waals surface area contributed by atoms with E-state index in [1.807, 2.05) is 38.1 Å². The smallest absolute Gasteiger partial charge is 0.299 e. The Morgan fingerprint density at radius 1 is 1.19 bits per heavy atom. The Morgan fingerprint density at radius 3 is 2.73 bits per heavy atom. The van der Waals surface area contributed by atoms with Gasteiger partial charge in [0.2, 0.25) is 0 Å². The zero-order valence-corrected chi connectivity index (χ0v) is 16.3. The van der Waals surface area contributed by atoms with Crippen LogP contribution in [0.15, 0.2) is 52.2 Å². The first-order chi connectivity index (χ1) is 12.4. The molecule has 136 valence electrons. The van der Waals surface area contributed by atoms with Crippen molar-refractivity contribution in [3.05, 3.63) is 57.7 Å². The number of hydrogen-bond donors (Lipinski definition) is 0. The second-order valence-electron chi connectivity index (χ2n) is 6.63. The third-order valence-corrected chi connectivity index (χ3v) is 7.65. The van der Waals surface area contributed by atoms with Crippen molar-refractivity contribution in [3.8, 4) is 0 Å². The van der Waals surface area contributed by atoms with Gasteiger partial charge in [-0.2, -0.15) is 0 Å². The predicted molar refractivity (Wildman–Crippen MR) is 106 cm³/mol. The summed E-state index contributed by atoms with van der Waals surface area (Å²) in [5.41, 5.74) is 2.59. The molecule has 7 heteroatoms. The molecule has 1 aliphatic rings. The molecule has 1 atom stereocenters. The maximum atomic E-state index is 13.3. The molecule has 0 amide bonds. The highest BCUT2D eigenvalue weighted by Crippen LogP contribution is 2.37. The van der Waals surface area contributed by atoms with Crippen molar-refractivity contribution in [1.82, 2.24) is 4.57 Å². The van der Waals surface area contributed by atoms with Crippen molar-refractivity contribution < 1.29 is 8.42 Å². The van der Waals surface area contributed by atoms with Crippen LogP contribution in [0, 0.1) is 0 Å². The number of hydrogen-bond acceptors (Lipinski definition) is 4. The molecule has 5 nitrogen and oxygen atoms in total. The molecule has 1 aliphatic heterocycles. The number of aromatic nitrogens is 1. The second-order valence-corrected chi connectivity index (χ2v) is 9.44. The largest absolute Gasteiger partial charge is 0.308 e. The normalized spacial score (nSPS) is 17.0. The van der Waals surface area contributed by atoms with E-state index in [4.69, 9.17) is 0 Å².